The third-order valence-corrected chi connectivity index (χ3v) is 2.12. The summed E-state index contributed by atoms with van der Waals surface area (Å²) in [6.45, 7) is 3.37. The molecule has 1 amide bonds. The number of rotatable bonds is 5. The van der Waals surface area contributed by atoms with Crippen molar-refractivity contribution in [2.24, 2.45) is 0 Å². The summed E-state index contributed by atoms with van der Waals surface area (Å²) in [6, 6.07) is 1.37. The van der Waals surface area contributed by atoms with Gasteiger partial charge < -0.3 is 9.64 Å². The largest absolute Gasteiger partial charge is 0.380 e. The van der Waals surface area contributed by atoms with Gasteiger partial charge in [0.1, 0.15) is 0 Å². The summed E-state index contributed by atoms with van der Waals surface area (Å²) in [5, 5.41) is 0. The van der Waals surface area contributed by atoms with Crippen LogP contribution in [0.15, 0.2) is 18.5 Å². The molecule has 0 aromatic carbocycles. The van der Waals surface area contributed by atoms with Gasteiger partial charge in [0.2, 0.25) is 0 Å². The number of carbonyl (C=O) groups is 1. The summed E-state index contributed by atoms with van der Waals surface area (Å²) in [6.07, 6.45) is 2.43. The number of halogens is 1. The van der Waals surface area contributed by atoms with Gasteiger partial charge in [-0.05, 0) is 13.0 Å². The highest BCUT2D eigenvalue weighted by Gasteiger charge is 2.15. The summed E-state index contributed by atoms with van der Waals surface area (Å²) in [5.74, 6) is -0.963. The number of aromatic nitrogens is 1. The number of amides is 1. The lowest BCUT2D eigenvalue weighted by atomic mass is 10.2. The van der Waals surface area contributed by atoms with Gasteiger partial charge in [0.25, 0.3) is 5.91 Å². The van der Waals surface area contributed by atoms with Gasteiger partial charge in [-0.1, -0.05) is 0 Å². The Kier molecular flexibility index (Phi) is 4.85. The van der Waals surface area contributed by atoms with Crippen LogP contribution in [0.5, 0.6) is 0 Å². The minimum absolute atomic E-state index is 0.0361. The Morgan fingerprint density at radius 2 is 2.38 bits per heavy atom. The van der Waals surface area contributed by atoms with Crippen LogP contribution in [0, 0.1) is 5.82 Å². The molecule has 0 atom stereocenters. The molecule has 0 radical (unpaired) electrons. The van der Waals surface area contributed by atoms with Crippen LogP contribution < -0.4 is 0 Å². The van der Waals surface area contributed by atoms with Crippen molar-refractivity contribution in [3.05, 3.63) is 29.8 Å². The first-order valence-corrected chi connectivity index (χ1v) is 5.09. The number of hydrogen-bond acceptors (Lipinski definition) is 3. The highest BCUT2D eigenvalue weighted by molar-refractivity contribution is 5.94. The second kappa shape index (κ2) is 6.17. The summed E-state index contributed by atoms with van der Waals surface area (Å²) in [5.41, 5.74) is 0.0361. The van der Waals surface area contributed by atoms with Crippen LogP contribution >= 0.6 is 0 Å². The number of carbonyl (C=O) groups excluding carboxylic acids is 1. The van der Waals surface area contributed by atoms with E-state index in [1.165, 1.54) is 17.2 Å². The first-order chi connectivity index (χ1) is 7.66. The summed E-state index contributed by atoms with van der Waals surface area (Å²) in [7, 11) is 1.61. The van der Waals surface area contributed by atoms with Gasteiger partial charge in [0, 0.05) is 26.4 Å². The van der Waals surface area contributed by atoms with Crippen LogP contribution in [0.4, 0.5) is 4.39 Å². The Morgan fingerprint density at radius 3 is 3.00 bits per heavy atom. The Morgan fingerprint density at radius 1 is 1.62 bits per heavy atom. The van der Waals surface area contributed by atoms with Gasteiger partial charge in [-0.25, -0.2) is 4.39 Å². The van der Waals surface area contributed by atoms with Crippen molar-refractivity contribution < 1.29 is 13.9 Å². The van der Waals surface area contributed by atoms with E-state index in [0.29, 0.717) is 19.8 Å². The molecule has 1 aromatic rings. The monoisotopic (exact) mass is 226 g/mol. The Bertz CT molecular complexity index is 358. The molecule has 1 aromatic heterocycles. The van der Waals surface area contributed by atoms with E-state index in [2.05, 4.69) is 4.98 Å². The van der Waals surface area contributed by atoms with Crippen molar-refractivity contribution in [2.45, 2.75) is 6.92 Å². The molecule has 0 aliphatic heterocycles. The van der Waals surface area contributed by atoms with E-state index < -0.39 is 5.82 Å². The van der Waals surface area contributed by atoms with E-state index in [1.54, 1.807) is 7.05 Å². The van der Waals surface area contributed by atoms with E-state index in [1.807, 2.05) is 6.92 Å². The van der Waals surface area contributed by atoms with Gasteiger partial charge in [-0.3, -0.25) is 9.78 Å². The van der Waals surface area contributed by atoms with Crippen LogP contribution in [-0.2, 0) is 4.74 Å². The first-order valence-electron chi connectivity index (χ1n) is 5.09. The lowest BCUT2D eigenvalue weighted by Gasteiger charge is -2.17. The standard InChI is InChI=1S/C11H15FN2O2/c1-3-16-7-6-14(2)11(15)9-4-5-13-8-10(9)12/h4-5,8H,3,6-7H2,1-2H3. The lowest BCUT2D eigenvalue weighted by Crippen LogP contribution is -2.30. The molecule has 1 heterocycles. The third kappa shape index (κ3) is 3.27. The van der Waals surface area contributed by atoms with E-state index in [0.717, 1.165) is 6.20 Å². The van der Waals surface area contributed by atoms with E-state index in [4.69, 9.17) is 4.74 Å². The topological polar surface area (TPSA) is 42.4 Å². The maximum absolute atomic E-state index is 13.2. The number of ether oxygens (including phenoxy) is 1. The van der Waals surface area contributed by atoms with Crippen LogP contribution in [0.1, 0.15) is 17.3 Å². The molecule has 0 unspecified atom stereocenters. The quantitative estimate of drug-likeness (QED) is 0.711. The predicted octanol–water partition coefficient (Wildman–Crippen LogP) is 1.33. The zero-order valence-corrected chi connectivity index (χ0v) is 9.44. The highest BCUT2D eigenvalue weighted by Crippen LogP contribution is 2.07. The molecule has 1 rings (SSSR count). The molecule has 0 spiro atoms. The van der Waals surface area contributed by atoms with E-state index in [-0.39, 0.29) is 11.5 Å². The van der Waals surface area contributed by atoms with Crippen molar-refractivity contribution in [1.29, 1.82) is 0 Å². The predicted molar refractivity (Wildman–Crippen MR) is 57.6 cm³/mol. The van der Waals surface area contributed by atoms with Gasteiger partial charge in [-0.2, -0.15) is 0 Å². The van der Waals surface area contributed by atoms with Crippen LogP contribution in [0.25, 0.3) is 0 Å². The molecule has 0 fully saturated rings. The zero-order valence-electron chi connectivity index (χ0n) is 9.44. The molecular weight excluding hydrogens is 211 g/mol. The number of nitrogens with zero attached hydrogens (tertiary/aromatic N) is 2. The number of hydrogen-bond donors (Lipinski definition) is 0. The van der Waals surface area contributed by atoms with Crippen LogP contribution in [-0.4, -0.2) is 42.6 Å². The smallest absolute Gasteiger partial charge is 0.256 e. The average Bonchev–Trinajstić information content (AvgIpc) is 2.29. The van der Waals surface area contributed by atoms with Crippen molar-refractivity contribution in [3.63, 3.8) is 0 Å². The molecular formula is C11H15FN2O2. The van der Waals surface area contributed by atoms with Crippen molar-refractivity contribution in [1.82, 2.24) is 9.88 Å². The van der Waals surface area contributed by atoms with Gasteiger partial charge in [0.15, 0.2) is 5.82 Å². The normalized spacial score (nSPS) is 10.2. The fraction of sp³-hybridized carbons (Fsp3) is 0.455. The molecule has 0 N–H and O–H groups in total. The SMILES string of the molecule is CCOCCN(C)C(=O)c1ccncc1F. The van der Waals surface area contributed by atoms with E-state index in [9.17, 15) is 9.18 Å². The Labute approximate surface area is 94.0 Å². The first kappa shape index (κ1) is 12.6. The number of likely N-dealkylation sites (N-methyl/N-ethyl adjacent to an activating group) is 1. The minimum atomic E-state index is -0.601. The summed E-state index contributed by atoms with van der Waals surface area (Å²) in [4.78, 5) is 16.8. The van der Waals surface area contributed by atoms with Gasteiger partial charge in [0.05, 0.1) is 18.4 Å². The molecule has 0 aliphatic carbocycles. The molecule has 88 valence electrons. The van der Waals surface area contributed by atoms with Crippen molar-refractivity contribution >= 4 is 5.91 Å². The fourth-order valence-electron chi connectivity index (χ4n) is 1.20. The maximum atomic E-state index is 13.2. The molecule has 0 saturated carbocycles. The van der Waals surface area contributed by atoms with Crippen LogP contribution in [0.3, 0.4) is 0 Å². The van der Waals surface area contributed by atoms with Crippen LogP contribution in [0.2, 0.25) is 0 Å². The lowest BCUT2D eigenvalue weighted by molar-refractivity contribution is 0.0705. The molecule has 4 nitrogen and oxygen atoms in total. The molecule has 0 aliphatic rings. The third-order valence-electron chi connectivity index (χ3n) is 2.12. The maximum Gasteiger partial charge on any atom is 0.256 e. The zero-order chi connectivity index (χ0) is 12.0. The summed E-state index contributed by atoms with van der Waals surface area (Å²) < 4.78 is 18.4. The molecule has 5 heteroatoms. The minimum Gasteiger partial charge on any atom is -0.380 e. The number of pyridine rings is 1. The van der Waals surface area contributed by atoms with Crippen molar-refractivity contribution in [2.75, 3.05) is 26.8 Å². The molecule has 16 heavy (non-hydrogen) atoms. The Balaban J connectivity index is 2.60. The second-order valence-corrected chi connectivity index (χ2v) is 3.28. The summed E-state index contributed by atoms with van der Waals surface area (Å²) >= 11 is 0. The highest BCUT2D eigenvalue weighted by atomic mass is 19.1. The van der Waals surface area contributed by atoms with Gasteiger partial charge >= 0.3 is 0 Å². The molecule has 0 saturated heterocycles. The second-order valence-electron chi connectivity index (χ2n) is 3.28. The average molecular weight is 226 g/mol. The van der Waals surface area contributed by atoms with E-state index >= 15 is 0 Å². The Hall–Kier alpha value is -1.49. The fourth-order valence-corrected chi connectivity index (χ4v) is 1.20. The van der Waals surface area contributed by atoms with Crippen molar-refractivity contribution in [3.8, 4) is 0 Å². The van der Waals surface area contributed by atoms with Gasteiger partial charge in [-0.15, -0.1) is 0 Å². The molecule has 0 bridgehead atoms.